The minimum atomic E-state index is -0.414. The number of thioether (sulfide) groups is 1. The van der Waals surface area contributed by atoms with Crippen LogP contribution in [0.2, 0.25) is 0 Å². The van der Waals surface area contributed by atoms with E-state index in [0.717, 1.165) is 49.2 Å². The molecule has 1 amide bonds. The molecule has 0 saturated carbocycles. The monoisotopic (exact) mass is 436 g/mol. The van der Waals surface area contributed by atoms with E-state index in [9.17, 15) is 4.79 Å². The SMILES string of the molecule is Cc1ccc2ccccc2c1CSc1ccccc1NC(=O)OCCN1CCOCC1. The van der Waals surface area contributed by atoms with E-state index in [4.69, 9.17) is 9.47 Å². The van der Waals surface area contributed by atoms with Crippen LogP contribution in [-0.2, 0) is 15.2 Å². The molecule has 3 aromatic carbocycles. The number of carbonyl (C=O) groups is 1. The van der Waals surface area contributed by atoms with Crippen molar-refractivity contribution in [2.24, 2.45) is 0 Å². The van der Waals surface area contributed by atoms with Gasteiger partial charge in [0.05, 0.1) is 18.9 Å². The van der Waals surface area contributed by atoms with Gasteiger partial charge in [-0.15, -0.1) is 11.8 Å². The van der Waals surface area contributed by atoms with Gasteiger partial charge in [-0.2, -0.15) is 0 Å². The number of carbonyl (C=O) groups excluding carboxylic acids is 1. The number of benzene rings is 3. The molecule has 162 valence electrons. The van der Waals surface area contributed by atoms with Gasteiger partial charge in [0.1, 0.15) is 6.61 Å². The van der Waals surface area contributed by atoms with Gasteiger partial charge in [0.2, 0.25) is 0 Å². The first kappa shape index (κ1) is 21.7. The quantitative estimate of drug-likeness (QED) is 0.508. The van der Waals surface area contributed by atoms with Crippen LogP contribution in [0.25, 0.3) is 10.8 Å². The third-order valence-electron chi connectivity index (χ3n) is 5.51. The zero-order valence-electron chi connectivity index (χ0n) is 17.8. The van der Waals surface area contributed by atoms with E-state index in [1.165, 1.54) is 21.9 Å². The number of anilines is 1. The Kier molecular flexibility index (Phi) is 7.46. The third-order valence-corrected chi connectivity index (χ3v) is 6.61. The van der Waals surface area contributed by atoms with Gasteiger partial charge in [-0.05, 0) is 41.0 Å². The maximum atomic E-state index is 12.3. The molecular formula is C25H28N2O3S. The lowest BCUT2D eigenvalue weighted by molar-refractivity contribution is 0.0290. The number of hydrogen-bond acceptors (Lipinski definition) is 5. The van der Waals surface area contributed by atoms with Crippen LogP contribution in [0.3, 0.4) is 0 Å². The Bertz CT molecular complexity index is 1030. The molecule has 31 heavy (non-hydrogen) atoms. The fourth-order valence-electron chi connectivity index (χ4n) is 3.72. The van der Waals surface area contributed by atoms with Crippen LogP contribution >= 0.6 is 11.8 Å². The molecule has 1 aliphatic heterocycles. The second kappa shape index (κ2) is 10.7. The second-order valence-electron chi connectivity index (χ2n) is 7.58. The van der Waals surface area contributed by atoms with E-state index < -0.39 is 6.09 Å². The number of amides is 1. The van der Waals surface area contributed by atoms with Crippen LogP contribution in [0, 0.1) is 6.92 Å². The second-order valence-corrected chi connectivity index (χ2v) is 8.60. The highest BCUT2D eigenvalue weighted by molar-refractivity contribution is 7.98. The summed E-state index contributed by atoms with van der Waals surface area (Å²) in [5.41, 5.74) is 3.38. The van der Waals surface area contributed by atoms with Crippen molar-refractivity contribution in [3.8, 4) is 0 Å². The van der Waals surface area contributed by atoms with Crippen molar-refractivity contribution in [1.82, 2.24) is 4.90 Å². The molecule has 0 bridgehead atoms. The smallest absolute Gasteiger partial charge is 0.411 e. The summed E-state index contributed by atoms with van der Waals surface area (Å²) < 4.78 is 10.7. The molecular weight excluding hydrogens is 408 g/mol. The van der Waals surface area contributed by atoms with E-state index in [1.54, 1.807) is 11.8 Å². The molecule has 0 radical (unpaired) electrons. The van der Waals surface area contributed by atoms with Gasteiger partial charge in [0, 0.05) is 30.3 Å². The lowest BCUT2D eigenvalue weighted by Crippen LogP contribution is -2.38. The van der Waals surface area contributed by atoms with Crippen molar-refractivity contribution in [2.45, 2.75) is 17.6 Å². The number of fused-ring (bicyclic) bond motifs is 1. The largest absolute Gasteiger partial charge is 0.448 e. The minimum Gasteiger partial charge on any atom is -0.448 e. The van der Waals surface area contributed by atoms with Crippen molar-refractivity contribution in [1.29, 1.82) is 0 Å². The Morgan fingerprint density at radius 1 is 1.06 bits per heavy atom. The first-order chi connectivity index (χ1) is 15.2. The molecule has 1 saturated heterocycles. The summed E-state index contributed by atoms with van der Waals surface area (Å²) in [7, 11) is 0. The zero-order chi connectivity index (χ0) is 21.5. The molecule has 1 aliphatic rings. The number of ether oxygens (including phenoxy) is 2. The minimum absolute atomic E-state index is 0.371. The molecule has 1 heterocycles. The topological polar surface area (TPSA) is 50.8 Å². The molecule has 0 aromatic heterocycles. The summed E-state index contributed by atoms with van der Waals surface area (Å²) in [6.45, 7) is 6.51. The van der Waals surface area contributed by atoms with Crippen LogP contribution < -0.4 is 5.32 Å². The highest BCUT2D eigenvalue weighted by atomic mass is 32.2. The number of aryl methyl sites for hydroxylation is 1. The van der Waals surface area contributed by atoms with E-state index in [0.29, 0.717) is 6.61 Å². The van der Waals surface area contributed by atoms with Crippen LogP contribution in [-0.4, -0.2) is 50.4 Å². The van der Waals surface area contributed by atoms with E-state index in [1.807, 2.05) is 24.3 Å². The highest BCUT2D eigenvalue weighted by Crippen LogP contribution is 2.33. The summed E-state index contributed by atoms with van der Waals surface area (Å²) in [6, 6.07) is 20.7. The molecule has 0 spiro atoms. The molecule has 1 fully saturated rings. The maximum absolute atomic E-state index is 12.3. The van der Waals surface area contributed by atoms with Crippen LogP contribution in [0.15, 0.2) is 65.6 Å². The molecule has 0 atom stereocenters. The van der Waals surface area contributed by atoms with Gasteiger partial charge in [0.25, 0.3) is 0 Å². The molecule has 0 unspecified atom stereocenters. The van der Waals surface area contributed by atoms with Gasteiger partial charge in [0.15, 0.2) is 0 Å². The first-order valence-corrected chi connectivity index (χ1v) is 11.6. The predicted molar refractivity (Wildman–Crippen MR) is 127 cm³/mol. The van der Waals surface area contributed by atoms with Gasteiger partial charge in [-0.3, -0.25) is 10.2 Å². The Hall–Kier alpha value is -2.54. The normalized spacial score (nSPS) is 14.5. The Balaban J connectivity index is 1.36. The molecule has 4 rings (SSSR count). The van der Waals surface area contributed by atoms with Crippen molar-refractivity contribution in [3.05, 3.63) is 71.8 Å². The molecule has 5 nitrogen and oxygen atoms in total. The van der Waals surface area contributed by atoms with Gasteiger partial charge in [-0.1, -0.05) is 48.5 Å². The van der Waals surface area contributed by atoms with Crippen LogP contribution in [0.5, 0.6) is 0 Å². The van der Waals surface area contributed by atoms with Crippen molar-refractivity contribution in [2.75, 3.05) is 44.8 Å². The van der Waals surface area contributed by atoms with E-state index in [2.05, 4.69) is 53.5 Å². The number of hydrogen-bond donors (Lipinski definition) is 1. The summed E-state index contributed by atoms with van der Waals surface area (Å²) in [6.07, 6.45) is -0.414. The highest BCUT2D eigenvalue weighted by Gasteiger charge is 2.13. The lowest BCUT2D eigenvalue weighted by Gasteiger charge is -2.26. The van der Waals surface area contributed by atoms with E-state index in [-0.39, 0.29) is 0 Å². The van der Waals surface area contributed by atoms with Crippen molar-refractivity contribution < 1.29 is 14.3 Å². The first-order valence-electron chi connectivity index (χ1n) is 10.6. The lowest BCUT2D eigenvalue weighted by atomic mass is 10.0. The fourth-order valence-corrected chi connectivity index (χ4v) is 4.85. The van der Waals surface area contributed by atoms with E-state index >= 15 is 0 Å². The third kappa shape index (κ3) is 5.79. The molecule has 6 heteroatoms. The average molecular weight is 437 g/mol. The summed E-state index contributed by atoms with van der Waals surface area (Å²) in [4.78, 5) is 15.6. The Labute approximate surface area is 187 Å². The van der Waals surface area contributed by atoms with Crippen LogP contribution in [0.4, 0.5) is 10.5 Å². The van der Waals surface area contributed by atoms with Gasteiger partial charge in [-0.25, -0.2) is 4.79 Å². The summed E-state index contributed by atoms with van der Waals surface area (Å²) >= 11 is 1.73. The molecule has 3 aromatic rings. The zero-order valence-corrected chi connectivity index (χ0v) is 18.6. The summed E-state index contributed by atoms with van der Waals surface area (Å²) in [5.74, 6) is 0.831. The number of para-hydroxylation sites is 1. The van der Waals surface area contributed by atoms with Gasteiger partial charge < -0.3 is 9.47 Å². The fraction of sp³-hybridized carbons (Fsp3) is 0.320. The molecule has 1 N–H and O–H groups in total. The average Bonchev–Trinajstić information content (AvgIpc) is 2.80. The standard InChI is InChI=1S/C25H28N2O3S/c1-19-10-11-20-6-2-3-7-21(20)22(19)18-31-24-9-5-4-8-23(24)26-25(28)30-17-14-27-12-15-29-16-13-27/h2-11H,12-18H2,1H3,(H,26,28). The van der Waals surface area contributed by atoms with Gasteiger partial charge >= 0.3 is 6.09 Å². The maximum Gasteiger partial charge on any atom is 0.411 e. The summed E-state index contributed by atoms with van der Waals surface area (Å²) in [5, 5.41) is 5.44. The number of nitrogens with zero attached hydrogens (tertiary/aromatic N) is 1. The van der Waals surface area contributed by atoms with Crippen LogP contribution in [0.1, 0.15) is 11.1 Å². The van der Waals surface area contributed by atoms with Crippen molar-refractivity contribution >= 4 is 34.3 Å². The number of nitrogens with one attached hydrogen (secondary N) is 1. The van der Waals surface area contributed by atoms with Crippen molar-refractivity contribution in [3.63, 3.8) is 0 Å². The number of rotatable bonds is 7. The number of morpholine rings is 1. The predicted octanol–water partition coefficient (Wildman–Crippen LogP) is 5.32. The Morgan fingerprint density at radius 3 is 2.71 bits per heavy atom. The Morgan fingerprint density at radius 2 is 1.84 bits per heavy atom. The molecule has 0 aliphatic carbocycles.